The van der Waals surface area contributed by atoms with Gasteiger partial charge in [-0.1, -0.05) is 29.3 Å². The maximum Gasteiger partial charge on any atom is 0.335 e. The Hall–Kier alpha value is -2.37. The average Bonchev–Trinajstić information content (AvgIpc) is 2.54. The first kappa shape index (κ1) is 17.0. The highest BCUT2D eigenvalue weighted by Gasteiger charge is 2.09. The molecule has 0 aliphatic heterocycles. The Labute approximate surface area is 142 Å². The van der Waals surface area contributed by atoms with Gasteiger partial charge < -0.3 is 9.84 Å². The fourth-order valence-electron chi connectivity index (χ4n) is 1.77. The number of hydrogen-bond acceptors (Lipinski definition) is 4. The van der Waals surface area contributed by atoms with Crippen molar-refractivity contribution in [3.8, 4) is 0 Å². The van der Waals surface area contributed by atoms with E-state index < -0.39 is 5.97 Å². The van der Waals surface area contributed by atoms with Crippen molar-refractivity contribution in [2.45, 2.75) is 6.61 Å². The summed E-state index contributed by atoms with van der Waals surface area (Å²) in [7, 11) is 0. The third-order valence-electron chi connectivity index (χ3n) is 2.90. The number of carboxylic acids is 1. The molecule has 0 aliphatic carbocycles. The van der Waals surface area contributed by atoms with E-state index in [4.69, 9.17) is 33.0 Å². The lowest BCUT2D eigenvalue weighted by Gasteiger charge is -2.09. The molecule has 1 N–H and O–H groups in total. The number of ether oxygens (including phenoxy) is 1. The number of hydrogen-bond donors (Lipinski definition) is 1. The van der Waals surface area contributed by atoms with E-state index in [0.29, 0.717) is 15.6 Å². The van der Waals surface area contributed by atoms with Gasteiger partial charge in [0, 0.05) is 12.3 Å². The van der Waals surface area contributed by atoms with E-state index in [-0.39, 0.29) is 18.1 Å². The third kappa shape index (κ3) is 4.55. The summed E-state index contributed by atoms with van der Waals surface area (Å²) < 4.78 is 5.62. The van der Waals surface area contributed by atoms with Crippen molar-refractivity contribution >= 4 is 41.8 Å². The second-order valence-electron chi connectivity index (χ2n) is 4.47. The van der Waals surface area contributed by atoms with Crippen LogP contribution in [0.25, 0.3) is 0 Å². The number of aromatic carboxylic acids is 1. The van der Waals surface area contributed by atoms with E-state index >= 15 is 0 Å². The molecule has 0 aliphatic rings. The van der Waals surface area contributed by atoms with E-state index in [0.717, 1.165) is 5.56 Å². The van der Waals surface area contributed by atoms with Crippen molar-refractivity contribution in [1.82, 2.24) is 0 Å². The zero-order valence-corrected chi connectivity index (χ0v) is 13.4. The van der Waals surface area contributed by atoms with Gasteiger partial charge >= 0.3 is 5.97 Å². The molecule has 7 heteroatoms. The molecular formula is C16H12Cl2N2O3. The van der Waals surface area contributed by atoms with E-state index in [1.165, 1.54) is 12.1 Å². The molecule has 0 aromatic heterocycles. The van der Waals surface area contributed by atoms with E-state index in [1.54, 1.807) is 30.3 Å². The van der Waals surface area contributed by atoms with Gasteiger partial charge in [0.05, 0.1) is 15.6 Å². The molecule has 0 atom stereocenters. The van der Waals surface area contributed by atoms with Crippen molar-refractivity contribution in [3.63, 3.8) is 0 Å². The van der Waals surface area contributed by atoms with Gasteiger partial charge in [0.25, 0.3) is 0 Å². The molecule has 0 fully saturated rings. The lowest BCUT2D eigenvalue weighted by molar-refractivity contribution is 0.0697. The van der Waals surface area contributed by atoms with Gasteiger partial charge in [-0.15, -0.1) is 5.10 Å². The summed E-state index contributed by atoms with van der Waals surface area (Å²) in [4.78, 5) is 10.9. The molecule has 23 heavy (non-hydrogen) atoms. The summed E-state index contributed by atoms with van der Waals surface area (Å²) in [6.45, 7) is 3.50. The molecular weight excluding hydrogens is 339 g/mol. The fourth-order valence-corrected chi connectivity index (χ4v) is 2.09. The molecule has 0 radical (unpaired) electrons. The highest BCUT2D eigenvalue weighted by atomic mass is 35.5. The van der Waals surface area contributed by atoms with E-state index in [2.05, 4.69) is 16.9 Å². The monoisotopic (exact) mass is 350 g/mol. The van der Waals surface area contributed by atoms with Gasteiger partial charge in [0.2, 0.25) is 5.90 Å². The number of rotatable bonds is 5. The van der Waals surface area contributed by atoms with Crippen LogP contribution in [0.3, 0.4) is 0 Å². The zero-order chi connectivity index (χ0) is 16.8. The molecule has 5 nitrogen and oxygen atoms in total. The number of halogens is 2. The zero-order valence-electron chi connectivity index (χ0n) is 11.9. The predicted molar refractivity (Wildman–Crippen MR) is 90.7 cm³/mol. The number of carbonyl (C=O) groups is 1. The Morgan fingerprint density at radius 3 is 2.30 bits per heavy atom. The molecule has 0 saturated heterocycles. The van der Waals surface area contributed by atoms with Gasteiger partial charge in [0.15, 0.2) is 0 Å². The van der Waals surface area contributed by atoms with Crippen molar-refractivity contribution in [1.29, 1.82) is 0 Å². The maximum atomic E-state index is 10.9. The summed E-state index contributed by atoms with van der Waals surface area (Å²) in [6.07, 6.45) is 0. The minimum Gasteiger partial charge on any atom is -0.478 e. The van der Waals surface area contributed by atoms with E-state index in [1.807, 2.05) is 0 Å². The van der Waals surface area contributed by atoms with Crippen LogP contribution in [0.2, 0.25) is 10.0 Å². The molecule has 0 saturated carbocycles. The molecule has 2 rings (SSSR count). The van der Waals surface area contributed by atoms with Crippen LogP contribution in [-0.4, -0.2) is 23.7 Å². The minimum atomic E-state index is -1.01. The first-order chi connectivity index (χ1) is 11.0. The molecule has 2 aromatic carbocycles. The van der Waals surface area contributed by atoms with Crippen molar-refractivity contribution in [2.75, 3.05) is 0 Å². The van der Waals surface area contributed by atoms with Gasteiger partial charge in [-0.05, 0) is 42.0 Å². The Kier molecular flexibility index (Phi) is 5.73. The largest absolute Gasteiger partial charge is 0.478 e. The summed E-state index contributed by atoms with van der Waals surface area (Å²) in [5, 5.41) is 17.1. The molecule has 0 bridgehead atoms. The van der Waals surface area contributed by atoms with Crippen molar-refractivity contribution < 1.29 is 14.6 Å². The van der Waals surface area contributed by atoms with Gasteiger partial charge in [-0.25, -0.2) is 4.79 Å². The topological polar surface area (TPSA) is 71.2 Å². The van der Waals surface area contributed by atoms with Crippen LogP contribution in [0.1, 0.15) is 21.5 Å². The molecule has 0 spiro atoms. The normalized spacial score (nSPS) is 11.1. The SMILES string of the molecule is C=N/N=C(\OCc1ccc(Cl)c(Cl)c1)c1ccc(C(=O)O)cc1. The first-order valence-corrected chi connectivity index (χ1v) is 7.21. The summed E-state index contributed by atoms with van der Waals surface area (Å²) in [6, 6.07) is 11.2. The lowest BCUT2D eigenvalue weighted by Crippen LogP contribution is -2.07. The Bertz CT molecular complexity index is 758. The lowest BCUT2D eigenvalue weighted by atomic mass is 10.1. The summed E-state index contributed by atoms with van der Waals surface area (Å²) in [5.41, 5.74) is 1.56. The van der Waals surface area contributed by atoms with Crippen LogP contribution in [0.15, 0.2) is 52.7 Å². The Morgan fingerprint density at radius 1 is 1.09 bits per heavy atom. The predicted octanol–water partition coefficient (Wildman–Crippen LogP) is 4.27. The molecule has 0 unspecified atom stereocenters. The molecule has 0 amide bonds. The first-order valence-electron chi connectivity index (χ1n) is 6.45. The average molecular weight is 351 g/mol. The quantitative estimate of drug-likeness (QED) is 0.497. The van der Waals surface area contributed by atoms with Crippen molar-refractivity contribution in [2.24, 2.45) is 10.2 Å². The van der Waals surface area contributed by atoms with Crippen LogP contribution < -0.4 is 0 Å². The molecule has 2 aromatic rings. The van der Waals surface area contributed by atoms with Crippen LogP contribution >= 0.6 is 23.2 Å². The number of nitrogens with zero attached hydrogens (tertiary/aromatic N) is 2. The summed E-state index contributed by atoms with van der Waals surface area (Å²) in [5.74, 6) is -0.781. The third-order valence-corrected chi connectivity index (χ3v) is 3.64. The minimum absolute atomic E-state index is 0.171. The van der Waals surface area contributed by atoms with Crippen LogP contribution in [0, 0.1) is 0 Å². The number of carboxylic acid groups (broad SMARTS) is 1. The van der Waals surface area contributed by atoms with Crippen LogP contribution in [0.4, 0.5) is 0 Å². The second-order valence-corrected chi connectivity index (χ2v) is 5.28. The Morgan fingerprint density at radius 2 is 1.74 bits per heavy atom. The molecule has 118 valence electrons. The highest BCUT2D eigenvalue weighted by Crippen LogP contribution is 2.23. The van der Waals surface area contributed by atoms with Crippen LogP contribution in [0.5, 0.6) is 0 Å². The van der Waals surface area contributed by atoms with Gasteiger partial charge in [-0.3, -0.25) is 0 Å². The maximum absolute atomic E-state index is 10.9. The van der Waals surface area contributed by atoms with E-state index in [9.17, 15) is 4.79 Å². The number of benzene rings is 2. The Balaban J connectivity index is 2.15. The smallest absolute Gasteiger partial charge is 0.335 e. The second kappa shape index (κ2) is 7.76. The van der Waals surface area contributed by atoms with Crippen molar-refractivity contribution in [3.05, 3.63) is 69.2 Å². The highest BCUT2D eigenvalue weighted by molar-refractivity contribution is 6.42. The fraction of sp³-hybridized carbons (Fsp3) is 0.0625. The molecule has 0 heterocycles. The summed E-state index contributed by atoms with van der Waals surface area (Å²) >= 11 is 11.8. The van der Waals surface area contributed by atoms with Crippen LogP contribution in [-0.2, 0) is 11.3 Å². The van der Waals surface area contributed by atoms with Gasteiger partial charge in [-0.2, -0.15) is 5.10 Å². The standard InChI is InChI=1S/C16H12Cl2N2O3/c1-19-20-15(11-3-5-12(6-4-11)16(21)22)23-9-10-2-7-13(17)14(18)8-10/h2-8H,1,9H2,(H,21,22)/b20-15-. The van der Waals surface area contributed by atoms with Gasteiger partial charge in [0.1, 0.15) is 6.61 Å².